The van der Waals surface area contributed by atoms with E-state index in [1.165, 1.54) is 25.7 Å². The molecule has 3 aliphatic rings. The van der Waals surface area contributed by atoms with Gasteiger partial charge in [-0.15, -0.1) is 0 Å². The Labute approximate surface area is 106 Å². The largest absolute Gasteiger partial charge is 0.339 e. The van der Waals surface area contributed by atoms with E-state index in [9.17, 15) is 4.79 Å². The van der Waals surface area contributed by atoms with Crippen molar-refractivity contribution in [3.8, 4) is 0 Å². The second-order valence-electron chi connectivity index (χ2n) is 6.25. The van der Waals surface area contributed by atoms with E-state index in [1.807, 2.05) is 0 Å². The average Bonchev–Trinajstić information content (AvgIpc) is 2.81. The molecule has 4 rings (SSSR count). The van der Waals surface area contributed by atoms with Crippen molar-refractivity contribution in [2.45, 2.75) is 50.9 Å². The summed E-state index contributed by atoms with van der Waals surface area (Å²) in [7, 11) is 0. The molecular formula is C14H18N2O2. The summed E-state index contributed by atoms with van der Waals surface area (Å²) in [4.78, 5) is 16.2. The van der Waals surface area contributed by atoms with Crippen LogP contribution < -0.4 is 0 Å². The number of ketones is 1. The van der Waals surface area contributed by atoms with Crippen LogP contribution in [0.25, 0.3) is 0 Å². The highest BCUT2D eigenvalue weighted by atomic mass is 16.5. The third-order valence-electron chi connectivity index (χ3n) is 4.91. The van der Waals surface area contributed by atoms with Crippen molar-refractivity contribution in [3.63, 3.8) is 0 Å². The summed E-state index contributed by atoms with van der Waals surface area (Å²) < 4.78 is 5.25. The molecule has 3 atom stereocenters. The minimum Gasteiger partial charge on any atom is -0.339 e. The molecular weight excluding hydrogens is 228 g/mol. The van der Waals surface area contributed by atoms with Crippen molar-refractivity contribution >= 4 is 5.78 Å². The molecule has 1 aromatic heterocycles. The predicted molar refractivity (Wildman–Crippen MR) is 63.9 cm³/mol. The molecule has 0 amide bonds. The van der Waals surface area contributed by atoms with Crippen LogP contribution in [-0.4, -0.2) is 15.9 Å². The number of nitrogens with zero attached hydrogens (tertiary/aromatic N) is 2. The van der Waals surface area contributed by atoms with Crippen molar-refractivity contribution in [3.05, 3.63) is 11.7 Å². The molecule has 0 N–H and O–H groups in total. The highest BCUT2D eigenvalue weighted by molar-refractivity contribution is 5.84. The van der Waals surface area contributed by atoms with E-state index in [-0.39, 0.29) is 11.7 Å². The normalized spacial score (nSPS) is 34.1. The van der Waals surface area contributed by atoms with E-state index in [4.69, 9.17) is 4.52 Å². The van der Waals surface area contributed by atoms with Crippen LogP contribution in [0.2, 0.25) is 0 Å². The molecule has 4 heteroatoms. The van der Waals surface area contributed by atoms with E-state index >= 15 is 0 Å². The third-order valence-corrected chi connectivity index (χ3v) is 4.91. The number of fused-ring (bicyclic) bond motifs is 2. The highest BCUT2D eigenvalue weighted by Crippen LogP contribution is 2.52. The number of carbonyl (C=O) groups excluding carboxylic acids is 1. The number of Topliss-reactive ketones (excluding diaryl/α,β-unsaturated/α-hetero) is 1. The first kappa shape index (κ1) is 10.7. The lowest BCUT2D eigenvalue weighted by molar-refractivity contribution is -0.119. The molecule has 0 spiro atoms. The summed E-state index contributed by atoms with van der Waals surface area (Å²) in [5.74, 6) is 4.10. The molecule has 3 fully saturated rings. The van der Waals surface area contributed by atoms with Crippen LogP contribution in [0.15, 0.2) is 4.52 Å². The van der Waals surface area contributed by atoms with Crippen LogP contribution in [0.1, 0.15) is 56.2 Å². The Bertz CT molecular complexity index is 478. The third kappa shape index (κ3) is 1.78. The predicted octanol–water partition coefficient (Wildman–Crippen LogP) is 2.49. The quantitative estimate of drug-likeness (QED) is 0.819. The fraction of sp³-hybridized carbons (Fsp3) is 0.786. The molecule has 0 aliphatic heterocycles. The Hall–Kier alpha value is -1.19. The molecule has 2 bridgehead atoms. The molecule has 1 heterocycles. The van der Waals surface area contributed by atoms with Crippen molar-refractivity contribution in [1.82, 2.24) is 10.1 Å². The SMILES string of the molecule is O=C(Cc1nc(C2CC3CCC2C3)no1)C1CC1. The van der Waals surface area contributed by atoms with Gasteiger partial charge in [0.1, 0.15) is 5.78 Å². The number of hydrogen-bond donors (Lipinski definition) is 0. The van der Waals surface area contributed by atoms with Gasteiger partial charge in [0.25, 0.3) is 0 Å². The second kappa shape index (κ2) is 3.90. The molecule has 3 aliphatic carbocycles. The number of aromatic nitrogens is 2. The summed E-state index contributed by atoms with van der Waals surface area (Å²) in [5.41, 5.74) is 0. The van der Waals surface area contributed by atoms with E-state index in [1.54, 1.807) is 0 Å². The number of rotatable bonds is 4. The smallest absolute Gasteiger partial charge is 0.234 e. The highest BCUT2D eigenvalue weighted by Gasteiger charge is 2.42. The van der Waals surface area contributed by atoms with Crippen LogP contribution in [0, 0.1) is 17.8 Å². The first-order valence-corrected chi connectivity index (χ1v) is 7.15. The summed E-state index contributed by atoms with van der Waals surface area (Å²) in [6.45, 7) is 0. The maximum Gasteiger partial charge on any atom is 0.234 e. The molecule has 0 aromatic carbocycles. The van der Waals surface area contributed by atoms with Crippen molar-refractivity contribution < 1.29 is 9.32 Å². The Morgan fingerprint density at radius 1 is 1.22 bits per heavy atom. The molecule has 0 radical (unpaired) electrons. The first-order chi connectivity index (χ1) is 8.79. The minimum absolute atomic E-state index is 0.276. The van der Waals surface area contributed by atoms with Gasteiger partial charge in [-0.2, -0.15) is 4.98 Å². The lowest BCUT2D eigenvalue weighted by Crippen LogP contribution is -2.10. The summed E-state index contributed by atoms with van der Waals surface area (Å²) in [6.07, 6.45) is 7.71. The molecule has 0 saturated heterocycles. The maximum absolute atomic E-state index is 11.7. The van der Waals surface area contributed by atoms with E-state index in [0.29, 0.717) is 18.2 Å². The Balaban J connectivity index is 1.46. The number of carbonyl (C=O) groups is 1. The fourth-order valence-electron chi connectivity index (χ4n) is 3.75. The van der Waals surface area contributed by atoms with Gasteiger partial charge in [-0.1, -0.05) is 11.6 Å². The van der Waals surface area contributed by atoms with Gasteiger partial charge in [-0.3, -0.25) is 4.79 Å². The van der Waals surface area contributed by atoms with Gasteiger partial charge in [0, 0.05) is 11.8 Å². The van der Waals surface area contributed by atoms with Crippen molar-refractivity contribution in [1.29, 1.82) is 0 Å². The first-order valence-electron chi connectivity index (χ1n) is 7.15. The van der Waals surface area contributed by atoms with E-state index in [2.05, 4.69) is 10.1 Å². The fourth-order valence-corrected chi connectivity index (χ4v) is 3.75. The summed E-state index contributed by atoms with van der Waals surface area (Å²) in [5, 5.41) is 4.11. The van der Waals surface area contributed by atoms with Crippen LogP contribution >= 0.6 is 0 Å². The zero-order valence-corrected chi connectivity index (χ0v) is 10.5. The average molecular weight is 246 g/mol. The number of hydrogen-bond acceptors (Lipinski definition) is 4. The van der Waals surface area contributed by atoms with Crippen molar-refractivity contribution in [2.75, 3.05) is 0 Å². The second-order valence-corrected chi connectivity index (χ2v) is 6.25. The molecule has 3 unspecified atom stereocenters. The van der Waals surface area contributed by atoms with Crippen LogP contribution in [0.4, 0.5) is 0 Å². The summed E-state index contributed by atoms with van der Waals surface area (Å²) in [6, 6.07) is 0. The Morgan fingerprint density at radius 3 is 2.78 bits per heavy atom. The van der Waals surface area contributed by atoms with Gasteiger partial charge in [0.2, 0.25) is 5.89 Å². The van der Waals surface area contributed by atoms with Crippen LogP contribution in [-0.2, 0) is 11.2 Å². The zero-order valence-electron chi connectivity index (χ0n) is 10.5. The topological polar surface area (TPSA) is 56.0 Å². The van der Waals surface area contributed by atoms with Gasteiger partial charge >= 0.3 is 0 Å². The lowest BCUT2D eigenvalue weighted by Gasteiger charge is -2.17. The van der Waals surface area contributed by atoms with E-state index < -0.39 is 0 Å². The zero-order chi connectivity index (χ0) is 12.1. The Kier molecular flexibility index (Phi) is 2.32. The molecule has 4 nitrogen and oxygen atoms in total. The Morgan fingerprint density at radius 2 is 2.11 bits per heavy atom. The summed E-state index contributed by atoms with van der Waals surface area (Å²) >= 11 is 0. The van der Waals surface area contributed by atoms with Gasteiger partial charge in [0.05, 0.1) is 6.42 Å². The minimum atomic E-state index is 0.276. The maximum atomic E-state index is 11.7. The van der Waals surface area contributed by atoms with Crippen LogP contribution in [0.3, 0.4) is 0 Å². The van der Waals surface area contributed by atoms with Crippen LogP contribution in [0.5, 0.6) is 0 Å². The van der Waals surface area contributed by atoms with Crippen molar-refractivity contribution in [2.24, 2.45) is 17.8 Å². The van der Waals surface area contributed by atoms with Gasteiger partial charge in [-0.25, -0.2) is 0 Å². The van der Waals surface area contributed by atoms with E-state index in [0.717, 1.165) is 30.5 Å². The molecule has 18 heavy (non-hydrogen) atoms. The van der Waals surface area contributed by atoms with Gasteiger partial charge in [0.15, 0.2) is 5.82 Å². The molecule has 1 aromatic rings. The monoisotopic (exact) mass is 246 g/mol. The standard InChI is InChI=1S/C14H18N2O2/c17-12(9-3-4-9)7-13-15-14(16-18-13)11-6-8-1-2-10(11)5-8/h8-11H,1-7H2. The molecule has 96 valence electrons. The van der Waals surface area contributed by atoms with Gasteiger partial charge < -0.3 is 4.52 Å². The van der Waals surface area contributed by atoms with Gasteiger partial charge in [-0.05, 0) is 43.9 Å². The lowest BCUT2D eigenvalue weighted by atomic mass is 9.88. The molecule has 3 saturated carbocycles.